The number of carbonyl (C=O) groups excluding carboxylic acids is 1. The lowest BCUT2D eigenvalue weighted by Gasteiger charge is -2.17. The molecule has 28 heavy (non-hydrogen) atoms. The molecule has 0 radical (unpaired) electrons. The molecule has 0 fully saturated rings. The third-order valence-electron chi connectivity index (χ3n) is 4.23. The number of benzene rings is 1. The molecule has 8 heteroatoms. The number of methoxy groups -OCH3 is 3. The Hall–Kier alpha value is -2.32. The van der Waals surface area contributed by atoms with E-state index < -0.39 is 0 Å². The average Bonchev–Trinajstić information content (AvgIpc) is 3.07. The number of carbonyl (C=O) groups is 1. The monoisotopic (exact) mass is 408 g/mol. The van der Waals surface area contributed by atoms with Crippen molar-refractivity contribution in [1.29, 1.82) is 0 Å². The molecule has 0 unspecified atom stereocenters. The summed E-state index contributed by atoms with van der Waals surface area (Å²) in [6.45, 7) is 5.80. The Morgan fingerprint density at radius 3 is 2.25 bits per heavy atom. The van der Waals surface area contributed by atoms with Crippen LogP contribution in [-0.2, 0) is 0 Å². The molecule has 1 aromatic heterocycles. The van der Waals surface area contributed by atoms with Crippen LogP contribution < -0.4 is 19.5 Å². The lowest BCUT2D eigenvalue weighted by atomic mass is 10.0. The van der Waals surface area contributed by atoms with Crippen LogP contribution in [0.15, 0.2) is 12.1 Å². The molecule has 0 aliphatic heterocycles. The standard InChI is InChI=1S/C20H28N2O5S/c1-11(2)7-14(10-23)22-19(24)18-12(3)21-20(28-18)13-8-15(25-4)17(27-6)16(9-13)26-5/h8-9,11,14,23H,7,10H2,1-6H3,(H,22,24)/t14-/m1/s1. The van der Waals surface area contributed by atoms with Crippen LogP contribution in [0, 0.1) is 12.8 Å². The van der Waals surface area contributed by atoms with Gasteiger partial charge >= 0.3 is 0 Å². The molecule has 1 aromatic carbocycles. The van der Waals surface area contributed by atoms with Gasteiger partial charge in [0, 0.05) is 5.56 Å². The van der Waals surface area contributed by atoms with Crippen molar-refractivity contribution < 1.29 is 24.1 Å². The molecule has 2 N–H and O–H groups in total. The van der Waals surface area contributed by atoms with Crippen LogP contribution in [0.1, 0.15) is 35.6 Å². The number of thiazole rings is 1. The summed E-state index contributed by atoms with van der Waals surface area (Å²) in [5.74, 6) is 1.68. The van der Waals surface area contributed by atoms with Gasteiger partial charge in [-0.2, -0.15) is 0 Å². The zero-order valence-electron chi connectivity index (χ0n) is 17.2. The number of aliphatic hydroxyl groups is 1. The fraction of sp³-hybridized carbons (Fsp3) is 0.500. The number of nitrogens with zero attached hydrogens (tertiary/aromatic N) is 1. The Morgan fingerprint density at radius 1 is 1.18 bits per heavy atom. The van der Waals surface area contributed by atoms with Gasteiger partial charge in [-0.3, -0.25) is 4.79 Å². The molecule has 0 aliphatic rings. The molecule has 1 amide bonds. The lowest BCUT2D eigenvalue weighted by molar-refractivity contribution is 0.0911. The second-order valence-corrected chi connectivity index (χ2v) is 7.83. The van der Waals surface area contributed by atoms with E-state index in [4.69, 9.17) is 14.2 Å². The van der Waals surface area contributed by atoms with Crippen molar-refractivity contribution in [3.8, 4) is 27.8 Å². The minimum atomic E-state index is -0.279. The normalized spacial score (nSPS) is 12.0. The summed E-state index contributed by atoms with van der Waals surface area (Å²) in [5, 5.41) is 13.1. The Bertz CT molecular complexity index is 794. The topological polar surface area (TPSA) is 89.9 Å². The van der Waals surface area contributed by atoms with E-state index in [9.17, 15) is 9.90 Å². The smallest absolute Gasteiger partial charge is 0.263 e. The first-order chi connectivity index (χ1) is 13.3. The molecule has 0 saturated heterocycles. The Kier molecular flexibility index (Phi) is 7.65. The van der Waals surface area contributed by atoms with Crippen molar-refractivity contribution in [1.82, 2.24) is 10.3 Å². The zero-order valence-corrected chi connectivity index (χ0v) is 18.0. The highest BCUT2D eigenvalue weighted by molar-refractivity contribution is 7.17. The maximum absolute atomic E-state index is 12.7. The van der Waals surface area contributed by atoms with Crippen LogP contribution in [0.25, 0.3) is 10.6 Å². The number of nitrogens with one attached hydrogen (secondary N) is 1. The predicted octanol–water partition coefficient (Wildman–Crippen LogP) is 3.28. The van der Waals surface area contributed by atoms with Crippen molar-refractivity contribution >= 4 is 17.2 Å². The number of amides is 1. The maximum atomic E-state index is 12.7. The van der Waals surface area contributed by atoms with Crippen molar-refractivity contribution in [3.63, 3.8) is 0 Å². The molecule has 0 saturated carbocycles. The van der Waals surface area contributed by atoms with Gasteiger partial charge in [0.1, 0.15) is 9.88 Å². The maximum Gasteiger partial charge on any atom is 0.263 e. The van der Waals surface area contributed by atoms with Gasteiger partial charge in [-0.25, -0.2) is 4.98 Å². The van der Waals surface area contributed by atoms with Crippen LogP contribution >= 0.6 is 11.3 Å². The number of aryl methyl sites for hydroxylation is 1. The Balaban J connectivity index is 2.34. The number of hydrogen-bond donors (Lipinski definition) is 2. The van der Waals surface area contributed by atoms with Crippen LogP contribution in [0.2, 0.25) is 0 Å². The molecule has 1 atom stereocenters. The van der Waals surface area contributed by atoms with Crippen LogP contribution in [0.5, 0.6) is 17.2 Å². The first-order valence-corrected chi connectivity index (χ1v) is 9.85. The van der Waals surface area contributed by atoms with E-state index in [1.807, 2.05) is 0 Å². The predicted molar refractivity (Wildman–Crippen MR) is 110 cm³/mol. The summed E-state index contributed by atoms with van der Waals surface area (Å²) in [7, 11) is 4.65. The summed E-state index contributed by atoms with van der Waals surface area (Å²) in [4.78, 5) is 17.8. The van der Waals surface area contributed by atoms with E-state index in [1.54, 1.807) is 40.4 Å². The van der Waals surface area contributed by atoms with E-state index >= 15 is 0 Å². The molecule has 2 aromatic rings. The van der Waals surface area contributed by atoms with Crippen LogP contribution in [0.3, 0.4) is 0 Å². The number of hydrogen-bond acceptors (Lipinski definition) is 7. The SMILES string of the molecule is COc1cc(-c2nc(C)c(C(=O)N[C@@H](CO)CC(C)C)s2)cc(OC)c1OC. The minimum Gasteiger partial charge on any atom is -0.493 e. The van der Waals surface area contributed by atoms with Crippen LogP contribution in [0.4, 0.5) is 0 Å². The summed E-state index contributed by atoms with van der Waals surface area (Å²) < 4.78 is 16.1. The number of rotatable bonds is 9. The van der Waals surface area contributed by atoms with E-state index in [-0.39, 0.29) is 18.6 Å². The molecule has 7 nitrogen and oxygen atoms in total. The van der Waals surface area contributed by atoms with Gasteiger partial charge < -0.3 is 24.6 Å². The van der Waals surface area contributed by atoms with Gasteiger partial charge in [-0.15, -0.1) is 11.3 Å². The zero-order chi connectivity index (χ0) is 20.8. The summed E-state index contributed by atoms with van der Waals surface area (Å²) in [6, 6.07) is 3.33. The highest BCUT2D eigenvalue weighted by Crippen LogP contribution is 2.42. The van der Waals surface area contributed by atoms with Gasteiger partial charge in [-0.1, -0.05) is 13.8 Å². The molecular weight excluding hydrogens is 380 g/mol. The summed E-state index contributed by atoms with van der Waals surface area (Å²) in [5.41, 5.74) is 1.40. The van der Waals surface area contributed by atoms with Gasteiger partial charge in [0.2, 0.25) is 5.75 Å². The first-order valence-electron chi connectivity index (χ1n) is 9.04. The summed E-state index contributed by atoms with van der Waals surface area (Å²) >= 11 is 1.29. The second-order valence-electron chi connectivity index (χ2n) is 6.83. The third-order valence-corrected chi connectivity index (χ3v) is 5.43. The van der Waals surface area contributed by atoms with E-state index in [0.717, 1.165) is 5.56 Å². The molecule has 0 spiro atoms. The highest BCUT2D eigenvalue weighted by Gasteiger charge is 2.21. The quantitative estimate of drug-likeness (QED) is 0.662. The summed E-state index contributed by atoms with van der Waals surface area (Å²) in [6.07, 6.45) is 0.708. The largest absolute Gasteiger partial charge is 0.493 e. The highest BCUT2D eigenvalue weighted by atomic mass is 32.1. The molecule has 1 heterocycles. The van der Waals surface area contributed by atoms with E-state index in [1.165, 1.54) is 11.3 Å². The van der Waals surface area contributed by atoms with Crippen molar-refractivity contribution in [2.45, 2.75) is 33.2 Å². The number of aliphatic hydroxyl groups excluding tert-OH is 1. The van der Waals surface area contributed by atoms with Crippen molar-refractivity contribution in [2.75, 3.05) is 27.9 Å². The Morgan fingerprint density at radius 2 is 1.79 bits per heavy atom. The van der Waals surface area contributed by atoms with Crippen LogP contribution in [-0.4, -0.2) is 50.0 Å². The number of ether oxygens (including phenoxy) is 3. The van der Waals surface area contributed by atoms with Gasteiger partial charge in [-0.05, 0) is 31.4 Å². The lowest BCUT2D eigenvalue weighted by Crippen LogP contribution is -2.38. The molecular formula is C20H28N2O5S. The second kappa shape index (κ2) is 9.75. The van der Waals surface area contributed by atoms with Crippen molar-refractivity contribution in [2.24, 2.45) is 5.92 Å². The molecule has 0 bridgehead atoms. The average molecular weight is 409 g/mol. The Labute approximate surface area is 169 Å². The molecule has 154 valence electrons. The van der Waals surface area contributed by atoms with Gasteiger partial charge in [0.25, 0.3) is 5.91 Å². The fourth-order valence-electron chi connectivity index (χ4n) is 2.93. The molecule has 0 aliphatic carbocycles. The molecule has 2 rings (SSSR count). The van der Waals surface area contributed by atoms with Gasteiger partial charge in [0.15, 0.2) is 11.5 Å². The van der Waals surface area contributed by atoms with E-state index in [0.29, 0.717) is 45.2 Å². The first kappa shape index (κ1) is 22.0. The van der Waals surface area contributed by atoms with E-state index in [2.05, 4.69) is 24.1 Å². The fourth-order valence-corrected chi connectivity index (χ4v) is 3.89. The third kappa shape index (κ3) is 4.94. The van der Waals surface area contributed by atoms with Crippen molar-refractivity contribution in [3.05, 3.63) is 22.7 Å². The minimum absolute atomic E-state index is 0.0957. The van der Waals surface area contributed by atoms with Gasteiger partial charge in [0.05, 0.1) is 39.7 Å². The number of aromatic nitrogens is 1.